The van der Waals surface area contributed by atoms with E-state index in [4.69, 9.17) is 0 Å². The normalized spacial score (nSPS) is 10.2. The molecule has 0 saturated heterocycles. The Labute approximate surface area is 110 Å². The minimum atomic E-state index is -0.511. The number of anilines is 1. The van der Waals surface area contributed by atoms with Gasteiger partial charge >= 0.3 is 0 Å². The Bertz CT molecular complexity index is 403. The Morgan fingerprint density at radius 2 is 2.31 bits per heavy atom. The highest BCUT2D eigenvalue weighted by atomic mass is 127. The third-order valence-corrected chi connectivity index (χ3v) is 3.30. The van der Waals surface area contributed by atoms with Crippen LogP contribution >= 0.6 is 34.4 Å². The highest BCUT2D eigenvalue weighted by Crippen LogP contribution is 2.28. The van der Waals surface area contributed by atoms with Gasteiger partial charge in [0, 0.05) is 24.4 Å². The molecule has 88 valence electrons. The maximum Gasteiger partial charge on any atom is 0.293 e. The van der Waals surface area contributed by atoms with Crippen molar-refractivity contribution in [2.75, 3.05) is 23.9 Å². The number of nitrogens with one attached hydrogen (secondary N) is 1. The van der Waals surface area contributed by atoms with Gasteiger partial charge in [0.25, 0.3) is 5.69 Å². The van der Waals surface area contributed by atoms with E-state index < -0.39 is 10.7 Å². The zero-order valence-electron chi connectivity index (χ0n) is 8.50. The Balaban J connectivity index is 2.95. The quantitative estimate of drug-likeness (QED) is 0.381. The highest BCUT2D eigenvalue weighted by Gasteiger charge is 2.16. The molecule has 0 aromatic heterocycles. The summed E-state index contributed by atoms with van der Waals surface area (Å²) in [5.41, 5.74) is 0.142. The van der Waals surface area contributed by atoms with Gasteiger partial charge < -0.3 is 5.32 Å². The molecule has 0 aliphatic heterocycles. The van der Waals surface area contributed by atoms with Crippen LogP contribution in [0.3, 0.4) is 0 Å². The van der Waals surface area contributed by atoms with Crippen molar-refractivity contribution in [3.8, 4) is 0 Å². The summed E-state index contributed by atoms with van der Waals surface area (Å²) in [6, 6.07) is 2.40. The summed E-state index contributed by atoms with van der Waals surface area (Å²) in [6.07, 6.45) is 1.94. The maximum absolute atomic E-state index is 13.3. The molecule has 0 fully saturated rings. The lowest BCUT2D eigenvalue weighted by molar-refractivity contribution is -0.384. The van der Waals surface area contributed by atoms with Crippen molar-refractivity contribution < 1.29 is 9.31 Å². The predicted molar refractivity (Wildman–Crippen MR) is 72.6 cm³/mol. The summed E-state index contributed by atoms with van der Waals surface area (Å²) >= 11 is 3.35. The highest BCUT2D eigenvalue weighted by molar-refractivity contribution is 14.1. The first kappa shape index (κ1) is 13.5. The lowest BCUT2D eigenvalue weighted by atomic mass is 10.2. The summed E-state index contributed by atoms with van der Waals surface area (Å²) < 4.78 is 13.5. The third-order valence-electron chi connectivity index (χ3n) is 1.86. The number of nitrogens with zero attached hydrogens (tertiary/aromatic N) is 1. The van der Waals surface area contributed by atoms with Crippen LogP contribution in [-0.4, -0.2) is 23.5 Å². The fraction of sp³-hybridized carbons (Fsp3) is 0.333. The Morgan fingerprint density at radius 3 is 2.88 bits per heavy atom. The lowest BCUT2D eigenvalue weighted by Gasteiger charge is -2.07. The first-order chi connectivity index (χ1) is 7.56. The van der Waals surface area contributed by atoms with E-state index in [9.17, 15) is 14.5 Å². The van der Waals surface area contributed by atoms with E-state index in [1.54, 1.807) is 34.4 Å². The van der Waals surface area contributed by atoms with Crippen LogP contribution in [0.5, 0.6) is 0 Å². The van der Waals surface area contributed by atoms with Gasteiger partial charge in [-0.15, -0.1) is 0 Å². The molecule has 16 heavy (non-hydrogen) atoms. The van der Waals surface area contributed by atoms with Gasteiger partial charge in [0.2, 0.25) is 0 Å². The Morgan fingerprint density at radius 1 is 1.62 bits per heavy atom. The zero-order valence-corrected chi connectivity index (χ0v) is 11.5. The molecule has 1 aromatic rings. The first-order valence-corrected chi connectivity index (χ1v) is 6.89. The van der Waals surface area contributed by atoms with Crippen LogP contribution in [0.25, 0.3) is 0 Å². The summed E-state index contributed by atoms with van der Waals surface area (Å²) in [5, 5.41) is 13.6. The maximum atomic E-state index is 13.3. The van der Waals surface area contributed by atoms with E-state index in [1.165, 1.54) is 12.1 Å². The number of nitro groups is 1. The van der Waals surface area contributed by atoms with E-state index in [1.807, 2.05) is 6.26 Å². The van der Waals surface area contributed by atoms with Gasteiger partial charge in [-0.1, -0.05) is 0 Å². The molecule has 0 spiro atoms. The van der Waals surface area contributed by atoms with Gasteiger partial charge in [0.1, 0.15) is 11.5 Å². The van der Waals surface area contributed by atoms with Crippen molar-refractivity contribution in [3.05, 3.63) is 31.6 Å². The molecule has 0 bridgehead atoms. The second-order valence-corrected chi connectivity index (χ2v) is 5.11. The molecule has 0 aliphatic rings. The molecular formula is C9H10FIN2O2S. The number of nitro benzene ring substituents is 1. The fourth-order valence-corrected chi connectivity index (χ4v) is 1.87. The van der Waals surface area contributed by atoms with Gasteiger partial charge in [-0.05, 0) is 28.8 Å². The number of halogens is 2. The zero-order chi connectivity index (χ0) is 12.1. The monoisotopic (exact) mass is 356 g/mol. The van der Waals surface area contributed by atoms with E-state index in [0.717, 1.165) is 5.75 Å². The molecule has 1 aromatic carbocycles. The summed E-state index contributed by atoms with van der Waals surface area (Å²) in [7, 11) is 0. The molecule has 1 rings (SSSR count). The largest absolute Gasteiger partial charge is 0.379 e. The van der Waals surface area contributed by atoms with Gasteiger partial charge in [-0.25, -0.2) is 4.39 Å². The molecule has 7 heteroatoms. The van der Waals surface area contributed by atoms with Gasteiger partial charge in [0.05, 0.1) is 8.49 Å². The van der Waals surface area contributed by atoms with Crippen molar-refractivity contribution in [3.63, 3.8) is 0 Å². The Kier molecular flexibility index (Phi) is 5.26. The van der Waals surface area contributed by atoms with Crippen LogP contribution in [-0.2, 0) is 0 Å². The Hall–Kier alpha value is -0.570. The molecule has 0 saturated carbocycles. The van der Waals surface area contributed by atoms with E-state index in [0.29, 0.717) is 6.54 Å². The average molecular weight is 356 g/mol. The van der Waals surface area contributed by atoms with E-state index in [2.05, 4.69) is 5.32 Å². The van der Waals surface area contributed by atoms with Crippen molar-refractivity contribution >= 4 is 45.7 Å². The average Bonchev–Trinajstić information content (AvgIpc) is 2.23. The molecule has 0 atom stereocenters. The lowest BCUT2D eigenvalue weighted by Crippen LogP contribution is -2.07. The van der Waals surface area contributed by atoms with Gasteiger partial charge in [-0.2, -0.15) is 11.8 Å². The molecule has 0 aliphatic carbocycles. The molecule has 1 N–H and O–H groups in total. The van der Waals surface area contributed by atoms with Crippen LogP contribution in [0.2, 0.25) is 0 Å². The topological polar surface area (TPSA) is 55.2 Å². The van der Waals surface area contributed by atoms with Crippen molar-refractivity contribution in [1.82, 2.24) is 0 Å². The van der Waals surface area contributed by atoms with Crippen LogP contribution in [0.15, 0.2) is 12.1 Å². The molecular weight excluding hydrogens is 346 g/mol. The molecule has 4 nitrogen and oxygen atoms in total. The molecule has 0 amide bonds. The van der Waals surface area contributed by atoms with Crippen LogP contribution in [0.1, 0.15) is 0 Å². The molecule has 0 unspecified atom stereocenters. The van der Waals surface area contributed by atoms with Crippen molar-refractivity contribution in [1.29, 1.82) is 0 Å². The SMILES string of the molecule is CSCCNc1cc(F)c(I)cc1[N+](=O)[O-]. The smallest absolute Gasteiger partial charge is 0.293 e. The van der Waals surface area contributed by atoms with E-state index in [-0.39, 0.29) is 14.9 Å². The summed E-state index contributed by atoms with van der Waals surface area (Å²) in [4.78, 5) is 10.2. The van der Waals surface area contributed by atoms with Crippen LogP contribution in [0.4, 0.5) is 15.8 Å². The summed E-state index contributed by atoms with van der Waals surface area (Å²) in [6.45, 7) is 0.571. The summed E-state index contributed by atoms with van der Waals surface area (Å²) in [5.74, 6) is 0.364. The number of hydrogen-bond acceptors (Lipinski definition) is 4. The van der Waals surface area contributed by atoms with Crippen molar-refractivity contribution in [2.24, 2.45) is 0 Å². The van der Waals surface area contributed by atoms with Crippen molar-refractivity contribution in [2.45, 2.75) is 0 Å². The third kappa shape index (κ3) is 3.48. The number of hydrogen-bond donors (Lipinski definition) is 1. The van der Waals surface area contributed by atoms with E-state index >= 15 is 0 Å². The van der Waals surface area contributed by atoms with Gasteiger partial charge in [0.15, 0.2) is 0 Å². The number of rotatable bonds is 5. The minimum absolute atomic E-state index is 0.0908. The fourth-order valence-electron chi connectivity index (χ4n) is 1.12. The predicted octanol–water partition coefficient (Wildman–Crippen LogP) is 3.11. The number of benzene rings is 1. The van der Waals surface area contributed by atoms with Gasteiger partial charge in [-0.3, -0.25) is 10.1 Å². The second kappa shape index (κ2) is 6.24. The van der Waals surface area contributed by atoms with Crippen LogP contribution in [0, 0.1) is 19.5 Å². The minimum Gasteiger partial charge on any atom is -0.379 e. The standard InChI is InChI=1S/C9H10FIN2O2S/c1-16-3-2-12-8-4-6(10)7(11)5-9(8)13(14)15/h4-5,12H,2-3H2,1H3. The second-order valence-electron chi connectivity index (χ2n) is 2.96. The van der Waals surface area contributed by atoms with Crippen LogP contribution < -0.4 is 5.32 Å². The number of thioether (sulfide) groups is 1. The molecule has 0 radical (unpaired) electrons. The molecule has 0 heterocycles. The first-order valence-electron chi connectivity index (χ1n) is 4.42.